The monoisotopic (exact) mass is 608 g/mol. The van der Waals surface area contributed by atoms with Crippen LogP contribution in [-0.4, -0.2) is 62.2 Å². The summed E-state index contributed by atoms with van der Waals surface area (Å²) >= 11 is 0. The molecule has 0 saturated carbocycles. The van der Waals surface area contributed by atoms with E-state index < -0.39 is 49.4 Å². The highest BCUT2D eigenvalue weighted by Crippen LogP contribution is 2.46. The van der Waals surface area contributed by atoms with Crippen molar-refractivity contribution in [1.29, 1.82) is 0 Å². The summed E-state index contributed by atoms with van der Waals surface area (Å²) in [4.78, 5) is 37.7. The summed E-state index contributed by atoms with van der Waals surface area (Å²) in [5, 5.41) is 2.78. The molecule has 1 aromatic carbocycles. The molecule has 2 heterocycles. The Morgan fingerprint density at radius 3 is 2.62 bits per heavy atom. The van der Waals surface area contributed by atoms with Gasteiger partial charge >= 0.3 is 11.9 Å². The van der Waals surface area contributed by atoms with Gasteiger partial charge in [0.15, 0.2) is 11.5 Å². The van der Waals surface area contributed by atoms with Crippen LogP contribution in [0.4, 0.5) is 10.2 Å². The van der Waals surface area contributed by atoms with E-state index in [4.69, 9.17) is 24.5 Å². The quantitative estimate of drug-likeness (QED) is 0.186. The van der Waals surface area contributed by atoms with Gasteiger partial charge in [0.2, 0.25) is 0 Å². The fraction of sp³-hybridized carbons (Fsp3) is 0.519. The summed E-state index contributed by atoms with van der Waals surface area (Å²) < 4.78 is 52.1. The van der Waals surface area contributed by atoms with E-state index >= 15 is 0 Å². The summed E-state index contributed by atoms with van der Waals surface area (Å²) in [6.45, 7) is 10.0. The van der Waals surface area contributed by atoms with Gasteiger partial charge in [-0.1, -0.05) is 13.0 Å². The molecule has 42 heavy (non-hydrogen) atoms. The predicted molar refractivity (Wildman–Crippen MR) is 153 cm³/mol. The maximum atomic E-state index is 14.2. The number of carbonyl (C=O) groups is 2. The van der Waals surface area contributed by atoms with E-state index in [0.29, 0.717) is 17.6 Å². The molecule has 0 bridgehead atoms. The molecule has 2 aromatic heterocycles. The van der Waals surface area contributed by atoms with Gasteiger partial charge in [0.25, 0.3) is 7.52 Å². The number of nitrogens with zero attached hydrogens (tertiary/aromatic N) is 4. The molecule has 0 aliphatic rings. The zero-order valence-electron chi connectivity index (χ0n) is 24.6. The van der Waals surface area contributed by atoms with Crippen molar-refractivity contribution in [2.45, 2.75) is 78.9 Å². The lowest BCUT2D eigenvalue weighted by molar-refractivity contribution is -0.149. The normalized spacial score (nSPS) is 14.1. The van der Waals surface area contributed by atoms with Crippen LogP contribution < -0.4 is 10.8 Å². The molecule has 0 unspecified atom stereocenters. The SMILES string of the molecule is CCCOC(=O)C(C)(C)N[P@@](=O)(CO[C@H](C)Cn1cnc2c(N)ncnc21)OCc1ccc(F)cc1C(=O)OC(C)C. The third kappa shape index (κ3) is 8.78. The van der Waals surface area contributed by atoms with E-state index in [1.54, 1.807) is 31.7 Å². The second-order valence-corrected chi connectivity index (χ2v) is 12.6. The van der Waals surface area contributed by atoms with Gasteiger partial charge in [-0.2, -0.15) is 0 Å². The number of imidazole rings is 1. The van der Waals surface area contributed by atoms with Crippen molar-refractivity contribution in [3.63, 3.8) is 0 Å². The van der Waals surface area contributed by atoms with Crippen LogP contribution in [0.1, 0.15) is 63.9 Å². The number of benzene rings is 1. The topological polar surface area (TPSA) is 170 Å². The van der Waals surface area contributed by atoms with Gasteiger partial charge in [-0.15, -0.1) is 0 Å². The van der Waals surface area contributed by atoms with Gasteiger partial charge in [-0.3, -0.25) is 9.36 Å². The van der Waals surface area contributed by atoms with Crippen LogP contribution in [0, 0.1) is 5.82 Å². The number of nitrogen functional groups attached to an aromatic ring is 1. The maximum absolute atomic E-state index is 14.2. The zero-order valence-corrected chi connectivity index (χ0v) is 25.5. The van der Waals surface area contributed by atoms with Crippen molar-refractivity contribution in [3.8, 4) is 0 Å². The molecule has 0 spiro atoms. The van der Waals surface area contributed by atoms with Crippen molar-refractivity contribution in [3.05, 3.63) is 47.8 Å². The minimum Gasteiger partial charge on any atom is -0.464 e. The Morgan fingerprint density at radius 2 is 1.93 bits per heavy atom. The molecule has 0 aliphatic carbocycles. The molecular weight excluding hydrogens is 570 g/mol. The minimum atomic E-state index is -3.97. The first-order chi connectivity index (χ1) is 19.7. The lowest BCUT2D eigenvalue weighted by Gasteiger charge is -2.30. The second-order valence-electron chi connectivity index (χ2n) is 10.5. The van der Waals surface area contributed by atoms with Crippen molar-refractivity contribution in [1.82, 2.24) is 24.6 Å². The van der Waals surface area contributed by atoms with E-state index in [-0.39, 0.29) is 36.7 Å². The summed E-state index contributed by atoms with van der Waals surface area (Å²) in [6, 6.07) is 3.52. The van der Waals surface area contributed by atoms with Crippen molar-refractivity contribution < 1.29 is 37.3 Å². The number of anilines is 1. The molecule has 0 radical (unpaired) electrons. The van der Waals surface area contributed by atoms with Crippen LogP contribution in [0.25, 0.3) is 11.2 Å². The van der Waals surface area contributed by atoms with Gasteiger partial charge in [-0.05, 0) is 58.7 Å². The smallest absolute Gasteiger partial charge is 0.338 e. The Morgan fingerprint density at radius 1 is 1.19 bits per heavy atom. The lowest BCUT2D eigenvalue weighted by atomic mass is 10.1. The van der Waals surface area contributed by atoms with Gasteiger partial charge in [0.05, 0.1) is 43.9 Å². The molecular formula is C27H38FN6O7P. The maximum Gasteiger partial charge on any atom is 0.338 e. The molecule has 0 aliphatic heterocycles. The number of fused-ring (bicyclic) bond motifs is 1. The molecule has 3 N–H and O–H groups in total. The molecule has 230 valence electrons. The van der Waals surface area contributed by atoms with Crippen molar-refractivity contribution >= 4 is 36.4 Å². The number of nitrogens with one attached hydrogen (secondary N) is 1. The first kappa shape index (κ1) is 33.1. The molecule has 15 heteroatoms. The molecule has 3 aromatic rings. The molecule has 2 atom stereocenters. The number of nitrogens with two attached hydrogens (primary N) is 1. The van der Waals surface area contributed by atoms with E-state index in [1.165, 1.54) is 26.2 Å². The Hall–Kier alpha value is -3.45. The third-order valence-electron chi connectivity index (χ3n) is 5.87. The summed E-state index contributed by atoms with van der Waals surface area (Å²) in [6.07, 6.45) is 2.07. The Kier molecular flexibility index (Phi) is 11.1. The number of rotatable bonds is 15. The number of hydrogen-bond donors (Lipinski definition) is 2. The number of ether oxygens (including phenoxy) is 3. The van der Waals surface area contributed by atoms with Gasteiger partial charge in [-0.25, -0.2) is 29.2 Å². The molecule has 13 nitrogen and oxygen atoms in total. The zero-order chi connectivity index (χ0) is 31.1. The fourth-order valence-electron chi connectivity index (χ4n) is 3.85. The summed E-state index contributed by atoms with van der Waals surface area (Å²) in [5.74, 6) is -1.79. The Balaban J connectivity index is 1.81. The number of hydrogen-bond acceptors (Lipinski definition) is 11. The average Bonchev–Trinajstić information content (AvgIpc) is 3.33. The lowest BCUT2D eigenvalue weighted by Crippen LogP contribution is -2.47. The first-order valence-electron chi connectivity index (χ1n) is 13.5. The van der Waals surface area contributed by atoms with Crippen LogP contribution in [-0.2, 0) is 41.2 Å². The van der Waals surface area contributed by atoms with Gasteiger partial charge in [0, 0.05) is 0 Å². The second kappa shape index (κ2) is 14.1. The number of aromatic nitrogens is 4. The van der Waals surface area contributed by atoms with Crippen molar-refractivity contribution in [2.24, 2.45) is 0 Å². The highest BCUT2D eigenvalue weighted by Gasteiger charge is 2.39. The predicted octanol–water partition coefficient (Wildman–Crippen LogP) is 4.21. The van der Waals surface area contributed by atoms with E-state index in [0.717, 1.165) is 12.1 Å². The fourth-order valence-corrected chi connectivity index (χ4v) is 5.80. The highest BCUT2D eigenvalue weighted by molar-refractivity contribution is 7.56. The molecule has 0 saturated heterocycles. The van der Waals surface area contributed by atoms with Crippen LogP contribution in [0.2, 0.25) is 0 Å². The van der Waals surface area contributed by atoms with Gasteiger partial charge < -0.3 is 29.0 Å². The number of esters is 2. The molecule has 0 amide bonds. The van der Waals surface area contributed by atoms with Gasteiger partial charge in [0.1, 0.15) is 29.5 Å². The Labute approximate surface area is 243 Å². The van der Waals surface area contributed by atoms with Crippen LogP contribution in [0.5, 0.6) is 0 Å². The summed E-state index contributed by atoms with van der Waals surface area (Å²) in [5.41, 5.74) is 5.56. The number of carbonyl (C=O) groups excluding carboxylic acids is 2. The third-order valence-corrected chi connectivity index (χ3v) is 7.81. The minimum absolute atomic E-state index is 0.0700. The van der Waals surface area contributed by atoms with E-state index in [2.05, 4.69) is 20.0 Å². The van der Waals surface area contributed by atoms with E-state index in [9.17, 15) is 18.5 Å². The first-order valence-corrected chi connectivity index (χ1v) is 15.3. The van der Waals surface area contributed by atoms with Crippen LogP contribution in [0.15, 0.2) is 30.9 Å². The van der Waals surface area contributed by atoms with Crippen LogP contribution in [0.3, 0.4) is 0 Å². The Bertz CT molecular complexity index is 1450. The average molecular weight is 609 g/mol. The standard InChI is InChI=1S/C27H38FN6O7P/c1-7-10-38-26(36)27(5,6)33-42(37,40-13-19-8-9-20(28)11-21(19)25(35)41-17(2)3)16-39-18(4)12-34-15-32-22-23(29)30-14-31-24(22)34/h8-9,11,14-15,17-18H,7,10,12-13,16H2,1-6H3,(H,33,37)(H2,29,30,31)/t18-,42-/m1/s1. The molecule has 0 fully saturated rings. The molecule has 3 rings (SSSR count). The van der Waals surface area contributed by atoms with E-state index in [1.807, 2.05) is 6.92 Å². The largest absolute Gasteiger partial charge is 0.464 e. The highest BCUT2D eigenvalue weighted by atomic mass is 31.2. The van der Waals surface area contributed by atoms with Crippen LogP contribution >= 0.6 is 7.52 Å². The number of halogens is 1. The summed E-state index contributed by atoms with van der Waals surface area (Å²) in [7, 11) is -3.97. The van der Waals surface area contributed by atoms with Crippen molar-refractivity contribution in [2.75, 3.05) is 18.7 Å².